The van der Waals surface area contributed by atoms with Crippen LogP contribution in [0.5, 0.6) is 0 Å². The predicted octanol–water partition coefficient (Wildman–Crippen LogP) is 3.25. The maximum atomic E-state index is 12.7. The Morgan fingerprint density at radius 2 is 1.90 bits per heavy atom. The third-order valence-electron chi connectivity index (χ3n) is 3.30. The van der Waals surface area contributed by atoms with Crippen molar-refractivity contribution in [3.63, 3.8) is 0 Å². The molecule has 2 rings (SSSR count). The fraction of sp³-hybridized carbons (Fsp3) is 0.267. The molecule has 0 aliphatic carbocycles. The minimum atomic E-state index is -3.66. The summed E-state index contributed by atoms with van der Waals surface area (Å²) in [7, 11) is -3.66. The van der Waals surface area contributed by atoms with E-state index < -0.39 is 10.0 Å². The Hall–Kier alpha value is -1.43. The first-order valence-electron chi connectivity index (χ1n) is 6.62. The van der Waals surface area contributed by atoms with Gasteiger partial charge in [-0.1, -0.05) is 42.8 Å². The van der Waals surface area contributed by atoms with Crippen molar-refractivity contribution < 1.29 is 8.42 Å². The van der Waals surface area contributed by atoms with Crippen molar-refractivity contribution in [3.05, 3.63) is 58.9 Å². The predicted molar refractivity (Wildman–Crippen MR) is 83.7 cm³/mol. The standard InChI is InChI=1S/C15H17ClN2O2S/c1-3-18(11-13-8-5-4-7-12(13)2)21(19,20)14-9-6-10-17-15(14)16/h4-10H,3,11H2,1-2H3. The quantitative estimate of drug-likeness (QED) is 0.793. The lowest BCUT2D eigenvalue weighted by atomic mass is 10.1. The van der Waals surface area contributed by atoms with Crippen LogP contribution in [-0.4, -0.2) is 24.3 Å². The monoisotopic (exact) mass is 324 g/mol. The van der Waals surface area contributed by atoms with Gasteiger partial charge in [-0.05, 0) is 30.2 Å². The molecule has 2 aromatic rings. The van der Waals surface area contributed by atoms with E-state index in [4.69, 9.17) is 11.6 Å². The van der Waals surface area contributed by atoms with Crippen molar-refractivity contribution in [2.75, 3.05) is 6.54 Å². The number of hydrogen-bond acceptors (Lipinski definition) is 3. The van der Waals surface area contributed by atoms with E-state index in [1.165, 1.54) is 16.6 Å². The Bertz CT molecular complexity index is 732. The maximum Gasteiger partial charge on any atom is 0.246 e. The summed E-state index contributed by atoms with van der Waals surface area (Å²) in [6.07, 6.45) is 1.47. The number of aryl methyl sites for hydroxylation is 1. The fourth-order valence-electron chi connectivity index (χ4n) is 2.05. The second-order valence-electron chi connectivity index (χ2n) is 4.65. The summed E-state index contributed by atoms with van der Waals surface area (Å²) in [6, 6.07) is 10.8. The van der Waals surface area contributed by atoms with Crippen molar-refractivity contribution in [3.8, 4) is 0 Å². The van der Waals surface area contributed by atoms with Gasteiger partial charge in [0.05, 0.1) is 0 Å². The minimum absolute atomic E-state index is 0.000679. The molecule has 0 aliphatic heterocycles. The second kappa shape index (κ2) is 6.56. The van der Waals surface area contributed by atoms with Gasteiger partial charge in [-0.2, -0.15) is 4.31 Å². The molecule has 0 bridgehead atoms. The smallest absolute Gasteiger partial charge is 0.243 e. The van der Waals surface area contributed by atoms with E-state index in [9.17, 15) is 8.42 Å². The Labute approximate surface area is 130 Å². The number of aromatic nitrogens is 1. The minimum Gasteiger partial charge on any atom is -0.243 e. The molecular formula is C15H17ClN2O2S. The van der Waals surface area contributed by atoms with Crippen molar-refractivity contribution in [1.82, 2.24) is 9.29 Å². The lowest BCUT2D eigenvalue weighted by molar-refractivity contribution is 0.422. The SMILES string of the molecule is CCN(Cc1ccccc1C)S(=O)(=O)c1cccnc1Cl. The van der Waals surface area contributed by atoms with Crippen LogP contribution < -0.4 is 0 Å². The van der Waals surface area contributed by atoms with Crippen LogP contribution in [0.2, 0.25) is 5.15 Å². The molecule has 0 spiro atoms. The van der Waals surface area contributed by atoms with E-state index in [1.54, 1.807) is 13.0 Å². The van der Waals surface area contributed by atoms with Crippen molar-refractivity contribution >= 4 is 21.6 Å². The Morgan fingerprint density at radius 3 is 2.52 bits per heavy atom. The number of benzene rings is 1. The molecule has 1 aromatic heterocycles. The van der Waals surface area contributed by atoms with Gasteiger partial charge in [0, 0.05) is 19.3 Å². The van der Waals surface area contributed by atoms with E-state index in [-0.39, 0.29) is 10.0 Å². The highest BCUT2D eigenvalue weighted by atomic mass is 35.5. The first-order chi connectivity index (χ1) is 9.96. The highest BCUT2D eigenvalue weighted by molar-refractivity contribution is 7.89. The highest BCUT2D eigenvalue weighted by Gasteiger charge is 2.26. The molecule has 0 fully saturated rings. The van der Waals surface area contributed by atoms with E-state index in [2.05, 4.69) is 4.98 Å². The van der Waals surface area contributed by atoms with Gasteiger partial charge >= 0.3 is 0 Å². The van der Waals surface area contributed by atoms with Crippen LogP contribution in [0.3, 0.4) is 0 Å². The number of rotatable bonds is 5. The molecule has 1 heterocycles. The van der Waals surface area contributed by atoms with E-state index >= 15 is 0 Å². The zero-order chi connectivity index (χ0) is 15.5. The summed E-state index contributed by atoms with van der Waals surface area (Å²) in [5, 5.41) is 0.000679. The van der Waals surface area contributed by atoms with Gasteiger partial charge in [0.15, 0.2) is 0 Å². The van der Waals surface area contributed by atoms with E-state index in [0.29, 0.717) is 13.1 Å². The van der Waals surface area contributed by atoms with Crippen LogP contribution in [0.25, 0.3) is 0 Å². The number of nitrogens with zero attached hydrogens (tertiary/aromatic N) is 2. The molecule has 112 valence electrons. The molecular weight excluding hydrogens is 308 g/mol. The molecule has 0 atom stereocenters. The maximum absolute atomic E-state index is 12.7. The third-order valence-corrected chi connectivity index (χ3v) is 5.67. The van der Waals surface area contributed by atoms with Crippen LogP contribution in [0.1, 0.15) is 18.1 Å². The lowest BCUT2D eigenvalue weighted by Crippen LogP contribution is -2.31. The highest BCUT2D eigenvalue weighted by Crippen LogP contribution is 2.24. The Balaban J connectivity index is 2.37. The van der Waals surface area contributed by atoms with Crippen molar-refractivity contribution in [2.45, 2.75) is 25.3 Å². The van der Waals surface area contributed by atoms with E-state index in [1.807, 2.05) is 31.2 Å². The van der Waals surface area contributed by atoms with Crippen LogP contribution >= 0.6 is 11.6 Å². The first-order valence-corrected chi connectivity index (χ1v) is 8.43. The molecule has 0 saturated carbocycles. The normalized spacial score (nSPS) is 11.8. The average Bonchev–Trinajstić information content (AvgIpc) is 2.46. The van der Waals surface area contributed by atoms with Gasteiger partial charge < -0.3 is 0 Å². The second-order valence-corrected chi connectivity index (χ2v) is 6.91. The molecule has 0 N–H and O–H groups in total. The molecule has 0 unspecified atom stereocenters. The zero-order valence-electron chi connectivity index (χ0n) is 12.0. The molecule has 0 aliphatic rings. The molecule has 4 nitrogen and oxygen atoms in total. The van der Waals surface area contributed by atoms with Crippen LogP contribution in [0, 0.1) is 6.92 Å². The lowest BCUT2D eigenvalue weighted by Gasteiger charge is -2.21. The summed E-state index contributed by atoms with van der Waals surface area (Å²) >= 11 is 5.93. The molecule has 0 amide bonds. The molecule has 6 heteroatoms. The average molecular weight is 325 g/mol. The van der Waals surface area contributed by atoms with Gasteiger partial charge in [0.25, 0.3) is 0 Å². The molecule has 0 radical (unpaired) electrons. The van der Waals surface area contributed by atoms with Gasteiger partial charge in [-0.25, -0.2) is 13.4 Å². The van der Waals surface area contributed by atoms with Gasteiger partial charge in [-0.3, -0.25) is 0 Å². The topological polar surface area (TPSA) is 50.3 Å². The van der Waals surface area contributed by atoms with E-state index in [0.717, 1.165) is 11.1 Å². The van der Waals surface area contributed by atoms with Gasteiger partial charge in [-0.15, -0.1) is 0 Å². The summed E-state index contributed by atoms with van der Waals surface area (Å²) in [5.41, 5.74) is 2.03. The van der Waals surface area contributed by atoms with Crippen LogP contribution in [0.15, 0.2) is 47.5 Å². The number of sulfonamides is 1. The van der Waals surface area contributed by atoms with Crippen molar-refractivity contribution in [2.24, 2.45) is 0 Å². The number of halogens is 1. The summed E-state index contributed by atoms with van der Waals surface area (Å²) in [6.45, 7) is 4.45. The summed E-state index contributed by atoms with van der Waals surface area (Å²) < 4.78 is 26.8. The molecule has 0 saturated heterocycles. The van der Waals surface area contributed by atoms with Gasteiger partial charge in [0.1, 0.15) is 10.0 Å². The summed E-state index contributed by atoms with van der Waals surface area (Å²) in [5.74, 6) is 0. The Kier molecular flexibility index (Phi) is 4.98. The Morgan fingerprint density at radius 1 is 1.19 bits per heavy atom. The zero-order valence-corrected chi connectivity index (χ0v) is 13.5. The first kappa shape index (κ1) is 15.9. The van der Waals surface area contributed by atoms with Crippen LogP contribution in [-0.2, 0) is 16.6 Å². The van der Waals surface area contributed by atoms with Crippen molar-refractivity contribution in [1.29, 1.82) is 0 Å². The molecule has 21 heavy (non-hydrogen) atoms. The fourth-order valence-corrected chi connectivity index (χ4v) is 3.90. The van der Waals surface area contributed by atoms with Crippen LogP contribution in [0.4, 0.5) is 0 Å². The summed E-state index contributed by atoms with van der Waals surface area (Å²) in [4.78, 5) is 3.89. The van der Waals surface area contributed by atoms with Gasteiger partial charge in [0.2, 0.25) is 10.0 Å². The molecule has 1 aromatic carbocycles. The third kappa shape index (κ3) is 3.43. The number of pyridine rings is 1. The number of hydrogen-bond donors (Lipinski definition) is 0. The largest absolute Gasteiger partial charge is 0.246 e.